The zero-order valence-electron chi connectivity index (χ0n) is 23.1. The van der Waals surface area contributed by atoms with E-state index in [0.717, 1.165) is 33.7 Å². The third-order valence-corrected chi connectivity index (χ3v) is 8.54. The number of fused-ring (bicyclic) bond motifs is 2. The molecule has 0 fully saturated rings. The van der Waals surface area contributed by atoms with Gasteiger partial charge in [-0.2, -0.15) is 0 Å². The number of nitrogens with one attached hydrogen (secondary N) is 1. The number of hydrogen-bond donors (Lipinski definition) is 1. The maximum atomic E-state index is 13.7. The summed E-state index contributed by atoms with van der Waals surface area (Å²) in [5, 5.41) is 5.24. The molecule has 0 radical (unpaired) electrons. The summed E-state index contributed by atoms with van der Waals surface area (Å²) in [5.41, 5.74) is 4.73. The molecule has 9 heteroatoms. The van der Waals surface area contributed by atoms with Crippen molar-refractivity contribution in [2.24, 2.45) is 0 Å². The largest absolute Gasteiger partial charge is 0.455 e. The molecule has 6 rings (SSSR count). The number of hydrogen-bond acceptors (Lipinski definition) is 5. The maximum Gasteiger partial charge on any atom is 0.255 e. The van der Waals surface area contributed by atoms with E-state index in [1.807, 2.05) is 48.7 Å². The third kappa shape index (κ3) is 4.88. The van der Waals surface area contributed by atoms with Gasteiger partial charge in [-0.15, -0.1) is 0 Å². The Bertz CT molecular complexity index is 2100. The Morgan fingerprint density at radius 3 is 2.33 bits per heavy atom. The van der Waals surface area contributed by atoms with Gasteiger partial charge in [-0.1, -0.05) is 30.3 Å². The Labute approximate surface area is 242 Å². The first kappa shape index (κ1) is 27.2. The number of carbonyl (C=O) groups is 1. The SMILES string of the molecule is CNC(=O)c1c(-c2ccc(F)cc2)oc2cc(N(C)S(C)(=O)=O)c(-c3cccc(-c4ccc5ccncc5c4)c3)cc12. The molecule has 0 aliphatic rings. The van der Waals surface area contributed by atoms with Gasteiger partial charge < -0.3 is 9.73 Å². The van der Waals surface area contributed by atoms with Gasteiger partial charge in [0.2, 0.25) is 10.0 Å². The number of sulfonamides is 1. The van der Waals surface area contributed by atoms with Crippen molar-refractivity contribution in [3.63, 3.8) is 0 Å². The molecule has 0 saturated heterocycles. The van der Waals surface area contributed by atoms with Crippen LogP contribution >= 0.6 is 0 Å². The fourth-order valence-corrected chi connectivity index (χ4v) is 5.60. The van der Waals surface area contributed by atoms with Gasteiger partial charge in [0.1, 0.15) is 17.2 Å². The highest BCUT2D eigenvalue weighted by Gasteiger charge is 2.26. The summed E-state index contributed by atoms with van der Waals surface area (Å²) < 4.78 is 46.5. The van der Waals surface area contributed by atoms with Gasteiger partial charge in [0.25, 0.3) is 5.91 Å². The molecular formula is C33H26FN3O4S. The molecule has 0 unspecified atom stereocenters. The van der Waals surface area contributed by atoms with E-state index in [1.54, 1.807) is 18.3 Å². The van der Waals surface area contributed by atoms with Crippen molar-refractivity contribution in [3.8, 4) is 33.6 Å². The fourth-order valence-electron chi connectivity index (χ4n) is 5.09. The van der Waals surface area contributed by atoms with Crippen LogP contribution in [0.5, 0.6) is 0 Å². The van der Waals surface area contributed by atoms with Gasteiger partial charge in [0, 0.05) is 54.5 Å². The minimum absolute atomic E-state index is 0.257. The van der Waals surface area contributed by atoms with E-state index in [9.17, 15) is 17.6 Å². The standard InChI is InChI=1S/C33H26FN3O4S/c1-35-33(38)31-28-17-27(24-6-4-5-22(15-24)23-8-7-20-13-14-36-19-25(20)16-23)29(37(2)42(3,39)40)18-30(28)41-32(31)21-9-11-26(34)12-10-21/h4-19H,1-3H3,(H,35,38). The van der Waals surface area contributed by atoms with Gasteiger partial charge in [-0.05, 0) is 70.6 Å². The van der Waals surface area contributed by atoms with Crippen LogP contribution in [-0.4, -0.2) is 39.7 Å². The monoisotopic (exact) mass is 579 g/mol. The summed E-state index contributed by atoms with van der Waals surface area (Å²) >= 11 is 0. The molecule has 1 N–H and O–H groups in total. The molecule has 1 amide bonds. The predicted octanol–water partition coefficient (Wildman–Crippen LogP) is 6.88. The average Bonchev–Trinajstić information content (AvgIpc) is 3.37. The number of nitrogens with zero attached hydrogens (tertiary/aromatic N) is 2. The summed E-state index contributed by atoms with van der Waals surface area (Å²) in [5.74, 6) is -0.548. The second-order valence-electron chi connectivity index (χ2n) is 10.0. The molecule has 0 saturated carbocycles. The fraction of sp³-hybridized carbons (Fsp3) is 0.0909. The zero-order chi connectivity index (χ0) is 29.6. The Balaban J connectivity index is 1.60. The highest BCUT2D eigenvalue weighted by atomic mass is 32.2. The lowest BCUT2D eigenvalue weighted by Gasteiger charge is -2.21. The van der Waals surface area contributed by atoms with Gasteiger partial charge >= 0.3 is 0 Å². The van der Waals surface area contributed by atoms with Crippen molar-refractivity contribution in [2.75, 3.05) is 24.7 Å². The van der Waals surface area contributed by atoms with Crippen molar-refractivity contribution in [3.05, 3.63) is 109 Å². The molecule has 4 aromatic carbocycles. The minimum Gasteiger partial charge on any atom is -0.455 e. The van der Waals surface area contributed by atoms with Gasteiger partial charge in [-0.25, -0.2) is 12.8 Å². The summed E-state index contributed by atoms with van der Waals surface area (Å²) in [4.78, 5) is 17.4. The quantitative estimate of drug-likeness (QED) is 0.232. The number of aromatic nitrogens is 1. The summed E-state index contributed by atoms with van der Waals surface area (Å²) in [6.07, 6.45) is 4.69. The number of amides is 1. The van der Waals surface area contributed by atoms with Crippen LogP contribution in [0.15, 0.2) is 102 Å². The molecule has 0 aliphatic heterocycles. The molecule has 0 atom stereocenters. The number of carbonyl (C=O) groups excluding carboxylic acids is 1. The van der Waals surface area contributed by atoms with E-state index in [-0.39, 0.29) is 17.2 Å². The van der Waals surface area contributed by atoms with E-state index in [0.29, 0.717) is 27.8 Å². The van der Waals surface area contributed by atoms with Crippen LogP contribution in [0.3, 0.4) is 0 Å². The first-order valence-electron chi connectivity index (χ1n) is 13.1. The number of rotatable bonds is 6. The summed E-state index contributed by atoms with van der Waals surface area (Å²) in [7, 11) is -0.665. The molecular weight excluding hydrogens is 553 g/mol. The van der Waals surface area contributed by atoms with E-state index in [2.05, 4.69) is 16.4 Å². The van der Waals surface area contributed by atoms with E-state index < -0.39 is 15.8 Å². The molecule has 210 valence electrons. The summed E-state index contributed by atoms with van der Waals surface area (Å²) in [6, 6.07) is 24.9. The number of benzene rings is 4. The van der Waals surface area contributed by atoms with Crippen LogP contribution in [0.1, 0.15) is 10.4 Å². The second kappa shape index (κ2) is 10.4. The molecule has 0 aliphatic carbocycles. The minimum atomic E-state index is -3.66. The normalized spacial score (nSPS) is 11.6. The third-order valence-electron chi connectivity index (χ3n) is 7.35. The Kier molecular flexibility index (Phi) is 6.74. The number of pyridine rings is 1. The Hall–Kier alpha value is -5.02. The summed E-state index contributed by atoms with van der Waals surface area (Å²) in [6.45, 7) is 0. The van der Waals surface area contributed by atoms with Crippen LogP contribution in [-0.2, 0) is 10.0 Å². The average molecular weight is 580 g/mol. The van der Waals surface area contributed by atoms with Crippen LogP contribution in [0.4, 0.5) is 10.1 Å². The highest BCUT2D eigenvalue weighted by Crippen LogP contribution is 2.42. The number of furan rings is 1. The molecule has 7 nitrogen and oxygen atoms in total. The predicted molar refractivity (Wildman–Crippen MR) is 164 cm³/mol. The van der Waals surface area contributed by atoms with Crippen molar-refractivity contribution < 1.29 is 22.0 Å². The first-order chi connectivity index (χ1) is 20.1. The number of halogens is 1. The van der Waals surface area contributed by atoms with E-state index in [4.69, 9.17) is 4.42 Å². The van der Waals surface area contributed by atoms with Gasteiger partial charge in [0.15, 0.2) is 0 Å². The van der Waals surface area contributed by atoms with Gasteiger partial charge in [-0.3, -0.25) is 14.1 Å². The van der Waals surface area contributed by atoms with Crippen LogP contribution < -0.4 is 9.62 Å². The molecule has 0 bridgehead atoms. The zero-order valence-corrected chi connectivity index (χ0v) is 23.9. The second-order valence-corrected chi connectivity index (χ2v) is 12.0. The van der Waals surface area contributed by atoms with Crippen molar-refractivity contribution in [1.82, 2.24) is 10.3 Å². The molecule has 6 aromatic rings. The van der Waals surface area contributed by atoms with E-state index >= 15 is 0 Å². The number of anilines is 1. The van der Waals surface area contributed by atoms with Crippen molar-refractivity contribution >= 4 is 43.4 Å². The molecule has 42 heavy (non-hydrogen) atoms. The smallest absolute Gasteiger partial charge is 0.255 e. The Morgan fingerprint density at radius 2 is 1.60 bits per heavy atom. The van der Waals surface area contributed by atoms with Crippen LogP contribution in [0.2, 0.25) is 0 Å². The Morgan fingerprint density at radius 1 is 0.881 bits per heavy atom. The van der Waals surface area contributed by atoms with Gasteiger partial charge in [0.05, 0.1) is 17.5 Å². The molecule has 2 aromatic heterocycles. The molecule has 0 spiro atoms. The highest BCUT2D eigenvalue weighted by molar-refractivity contribution is 7.92. The lowest BCUT2D eigenvalue weighted by atomic mass is 9.95. The lowest BCUT2D eigenvalue weighted by Crippen LogP contribution is -2.25. The maximum absolute atomic E-state index is 13.7. The van der Waals surface area contributed by atoms with Crippen LogP contribution in [0.25, 0.3) is 55.3 Å². The van der Waals surface area contributed by atoms with Crippen molar-refractivity contribution in [2.45, 2.75) is 0 Å². The topological polar surface area (TPSA) is 92.5 Å². The van der Waals surface area contributed by atoms with Crippen LogP contribution in [0, 0.1) is 5.82 Å². The van der Waals surface area contributed by atoms with Crippen molar-refractivity contribution in [1.29, 1.82) is 0 Å². The van der Waals surface area contributed by atoms with E-state index in [1.165, 1.54) is 42.7 Å². The molecule has 2 heterocycles. The lowest BCUT2D eigenvalue weighted by molar-refractivity contribution is 0.0964. The first-order valence-corrected chi connectivity index (χ1v) is 15.0.